The molecule has 1 aromatic rings. The van der Waals surface area contributed by atoms with Crippen molar-refractivity contribution in [2.45, 2.75) is 39.0 Å². The van der Waals surface area contributed by atoms with E-state index in [-0.39, 0.29) is 35.5 Å². The number of rotatable bonds is 1. The Labute approximate surface area is 158 Å². The first-order valence-electron chi connectivity index (χ1n) is 9.62. The summed E-state index contributed by atoms with van der Waals surface area (Å²) in [5.41, 5.74) is 4.37. The molecule has 26 heavy (non-hydrogen) atoms. The first kappa shape index (κ1) is 16.3. The molecule has 1 aliphatic heterocycles. The molecule has 1 aromatic carbocycles. The Morgan fingerprint density at radius 1 is 0.962 bits per heavy atom. The molecule has 0 unspecified atom stereocenters. The molecule has 0 N–H and O–H groups in total. The van der Waals surface area contributed by atoms with Crippen LogP contribution in [0.5, 0.6) is 0 Å². The number of carbonyl (C=O) groups is 2. The van der Waals surface area contributed by atoms with Crippen molar-refractivity contribution in [3.8, 4) is 0 Å². The Balaban J connectivity index is 1.55. The highest BCUT2D eigenvalue weighted by molar-refractivity contribution is 6.32. The van der Waals surface area contributed by atoms with Crippen LogP contribution >= 0.6 is 11.6 Å². The summed E-state index contributed by atoms with van der Waals surface area (Å²) in [6.45, 7) is 1.87. The van der Waals surface area contributed by atoms with E-state index < -0.39 is 0 Å². The van der Waals surface area contributed by atoms with Gasteiger partial charge in [-0.25, -0.2) is 4.90 Å². The zero-order valence-electron chi connectivity index (χ0n) is 14.9. The molecule has 3 aliphatic carbocycles. The van der Waals surface area contributed by atoms with Gasteiger partial charge in [0.15, 0.2) is 0 Å². The van der Waals surface area contributed by atoms with Gasteiger partial charge in [0, 0.05) is 16.9 Å². The monoisotopic (exact) mass is 367 g/mol. The Bertz CT molecular complexity index is 842. The van der Waals surface area contributed by atoms with Crippen LogP contribution in [0.25, 0.3) is 0 Å². The lowest BCUT2D eigenvalue weighted by molar-refractivity contribution is -0.122. The molecular weight excluding hydrogens is 346 g/mol. The van der Waals surface area contributed by atoms with Crippen LogP contribution in [0.3, 0.4) is 0 Å². The zero-order chi connectivity index (χ0) is 18.0. The van der Waals surface area contributed by atoms with Gasteiger partial charge in [-0.05, 0) is 50.3 Å². The van der Waals surface area contributed by atoms with Gasteiger partial charge in [0.1, 0.15) is 0 Å². The predicted molar refractivity (Wildman–Crippen MR) is 102 cm³/mol. The van der Waals surface area contributed by atoms with Gasteiger partial charge in [0.25, 0.3) is 0 Å². The number of hydrogen-bond acceptors (Lipinski definition) is 2. The SMILES string of the molecule is Cc1c(Cl)cccc1N1C(=O)[C@@H]2[C@@H](C1=O)[C@H]1C=C[C@H]2C1=C1CCCCC1. The maximum absolute atomic E-state index is 13.3. The fourth-order valence-electron chi connectivity index (χ4n) is 5.58. The van der Waals surface area contributed by atoms with Gasteiger partial charge in [0.2, 0.25) is 11.8 Å². The summed E-state index contributed by atoms with van der Waals surface area (Å²) >= 11 is 6.23. The molecule has 4 atom stereocenters. The van der Waals surface area contributed by atoms with Crippen molar-refractivity contribution < 1.29 is 9.59 Å². The lowest BCUT2D eigenvalue weighted by atomic mass is 9.85. The quantitative estimate of drug-likeness (QED) is 0.526. The minimum atomic E-state index is -0.222. The van der Waals surface area contributed by atoms with Gasteiger partial charge >= 0.3 is 0 Å². The van der Waals surface area contributed by atoms with Crippen molar-refractivity contribution in [3.63, 3.8) is 0 Å². The first-order chi connectivity index (χ1) is 12.6. The van der Waals surface area contributed by atoms with E-state index in [0.717, 1.165) is 18.4 Å². The second-order valence-electron chi connectivity index (χ2n) is 8.00. The molecule has 0 aromatic heterocycles. The topological polar surface area (TPSA) is 37.4 Å². The number of hydrogen-bond donors (Lipinski definition) is 0. The minimum Gasteiger partial charge on any atom is -0.274 e. The van der Waals surface area contributed by atoms with Gasteiger partial charge in [-0.1, -0.05) is 47.4 Å². The molecular formula is C22H22ClNO2. The van der Waals surface area contributed by atoms with Crippen LogP contribution in [0.4, 0.5) is 5.69 Å². The molecule has 2 amide bonds. The minimum absolute atomic E-state index is 0.0453. The molecule has 0 spiro atoms. The molecule has 2 saturated carbocycles. The summed E-state index contributed by atoms with van der Waals surface area (Å²) in [5.74, 6) is -0.286. The summed E-state index contributed by atoms with van der Waals surface area (Å²) in [6, 6.07) is 5.43. The highest BCUT2D eigenvalue weighted by Crippen LogP contribution is 2.58. The average molecular weight is 368 g/mol. The second kappa shape index (κ2) is 5.82. The number of fused-ring (bicyclic) bond motifs is 5. The average Bonchev–Trinajstić information content (AvgIpc) is 3.29. The third kappa shape index (κ3) is 2.07. The molecule has 5 rings (SSSR count). The van der Waals surface area contributed by atoms with E-state index in [1.807, 2.05) is 19.1 Å². The summed E-state index contributed by atoms with van der Waals surface area (Å²) in [5, 5.41) is 0.589. The fourth-order valence-corrected chi connectivity index (χ4v) is 5.75. The van der Waals surface area contributed by atoms with Gasteiger partial charge in [-0.3, -0.25) is 9.59 Å². The van der Waals surface area contributed by atoms with Crippen LogP contribution in [0, 0.1) is 30.6 Å². The van der Waals surface area contributed by atoms with E-state index in [2.05, 4.69) is 12.2 Å². The van der Waals surface area contributed by atoms with E-state index in [9.17, 15) is 9.59 Å². The Hall–Kier alpha value is -1.87. The van der Waals surface area contributed by atoms with Gasteiger partial charge < -0.3 is 0 Å². The zero-order valence-corrected chi connectivity index (χ0v) is 15.6. The van der Waals surface area contributed by atoms with Crippen molar-refractivity contribution in [1.82, 2.24) is 0 Å². The first-order valence-corrected chi connectivity index (χ1v) is 10.0. The number of carbonyl (C=O) groups excluding carboxylic acids is 2. The number of nitrogens with zero attached hydrogens (tertiary/aromatic N) is 1. The van der Waals surface area contributed by atoms with Crippen molar-refractivity contribution in [3.05, 3.63) is 52.1 Å². The van der Waals surface area contributed by atoms with E-state index >= 15 is 0 Å². The summed E-state index contributed by atoms with van der Waals surface area (Å²) in [4.78, 5) is 28.0. The highest BCUT2D eigenvalue weighted by atomic mass is 35.5. The van der Waals surface area contributed by atoms with E-state index in [1.165, 1.54) is 35.3 Å². The van der Waals surface area contributed by atoms with Crippen LogP contribution in [-0.2, 0) is 9.59 Å². The van der Waals surface area contributed by atoms with Crippen LogP contribution in [0.1, 0.15) is 37.7 Å². The summed E-state index contributed by atoms with van der Waals surface area (Å²) in [7, 11) is 0. The second-order valence-corrected chi connectivity index (χ2v) is 8.41. The third-order valence-electron chi connectivity index (χ3n) is 6.76. The molecule has 0 radical (unpaired) electrons. The van der Waals surface area contributed by atoms with Crippen LogP contribution in [0.15, 0.2) is 41.5 Å². The van der Waals surface area contributed by atoms with Crippen molar-refractivity contribution in [2.75, 3.05) is 4.90 Å². The molecule has 1 heterocycles. The van der Waals surface area contributed by atoms with Crippen molar-refractivity contribution in [1.29, 1.82) is 0 Å². The normalized spacial score (nSPS) is 32.8. The van der Waals surface area contributed by atoms with Crippen molar-refractivity contribution in [2.24, 2.45) is 23.7 Å². The fraction of sp³-hybridized carbons (Fsp3) is 0.455. The standard InChI is InChI=1S/C22H22ClNO2/c1-12-16(23)8-5-9-17(12)24-21(25)19-14-10-11-15(20(19)22(24)26)18(14)13-6-3-2-4-7-13/h5,8-11,14-15,19-20H,2-4,6-7H2,1H3/t14-,15-,19-,20-/m0/s1. The van der Waals surface area contributed by atoms with Crippen LogP contribution in [0.2, 0.25) is 5.02 Å². The number of allylic oxidation sites excluding steroid dienone is 4. The molecule has 4 heteroatoms. The van der Waals surface area contributed by atoms with E-state index in [4.69, 9.17) is 11.6 Å². The summed E-state index contributed by atoms with van der Waals surface area (Å²) < 4.78 is 0. The Morgan fingerprint density at radius 3 is 2.19 bits per heavy atom. The smallest absolute Gasteiger partial charge is 0.238 e. The largest absolute Gasteiger partial charge is 0.274 e. The number of amides is 2. The van der Waals surface area contributed by atoms with E-state index in [0.29, 0.717) is 10.7 Å². The number of halogens is 1. The summed E-state index contributed by atoms with van der Waals surface area (Å²) in [6.07, 6.45) is 10.4. The number of imide groups is 1. The molecule has 3 fully saturated rings. The maximum Gasteiger partial charge on any atom is 0.238 e. The number of anilines is 1. The predicted octanol–water partition coefficient (Wildman–Crippen LogP) is 4.83. The molecule has 134 valence electrons. The van der Waals surface area contributed by atoms with Gasteiger partial charge in [-0.15, -0.1) is 0 Å². The highest BCUT2D eigenvalue weighted by Gasteiger charge is 2.62. The molecule has 1 saturated heterocycles. The molecule has 3 nitrogen and oxygen atoms in total. The Morgan fingerprint density at radius 2 is 1.58 bits per heavy atom. The molecule has 2 bridgehead atoms. The lowest BCUT2D eigenvalue weighted by Gasteiger charge is -2.23. The molecule has 4 aliphatic rings. The van der Waals surface area contributed by atoms with Crippen LogP contribution < -0.4 is 4.90 Å². The Kier molecular flexibility index (Phi) is 3.65. The number of benzene rings is 1. The lowest BCUT2D eigenvalue weighted by Crippen LogP contribution is -2.34. The van der Waals surface area contributed by atoms with Crippen molar-refractivity contribution >= 4 is 29.1 Å². The van der Waals surface area contributed by atoms with Gasteiger partial charge in [-0.2, -0.15) is 0 Å². The van der Waals surface area contributed by atoms with E-state index in [1.54, 1.807) is 6.07 Å². The maximum atomic E-state index is 13.3. The van der Waals surface area contributed by atoms with Crippen LogP contribution in [-0.4, -0.2) is 11.8 Å². The third-order valence-corrected chi connectivity index (χ3v) is 7.17. The van der Waals surface area contributed by atoms with Gasteiger partial charge in [0.05, 0.1) is 17.5 Å².